The number of ether oxygens (including phenoxy) is 1. The Labute approximate surface area is 215 Å². The maximum Gasteiger partial charge on any atom is 0.223 e. The van der Waals surface area contributed by atoms with Crippen LogP contribution in [-0.2, 0) is 16.6 Å². The molecule has 1 amide bonds. The van der Waals surface area contributed by atoms with Crippen molar-refractivity contribution in [1.82, 2.24) is 30.0 Å². The number of piperidine rings is 1. The third-order valence-electron chi connectivity index (χ3n) is 7.08. The lowest BCUT2D eigenvalue weighted by Crippen LogP contribution is -2.44. The minimum atomic E-state index is 0.0217. The summed E-state index contributed by atoms with van der Waals surface area (Å²) in [6.45, 7) is 2.90. The molecule has 6 rings (SSSR count). The van der Waals surface area contributed by atoms with E-state index in [0.29, 0.717) is 12.4 Å². The fourth-order valence-electron chi connectivity index (χ4n) is 5.06. The smallest absolute Gasteiger partial charge is 0.223 e. The number of hydrogen-bond donors (Lipinski definition) is 2. The minimum absolute atomic E-state index is 0.0217. The van der Waals surface area contributed by atoms with Gasteiger partial charge in [-0.05, 0) is 43.5 Å². The molecular formula is C27H30N8O2. The molecule has 0 aromatic carbocycles. The molecule has 1 atom stereocenters. The van der Waals surface area contributed by atoms with Gasteiger partial charge in [0.15, 0.2) is 5.82 Å². The number of nitrogens with one attached hydrogen (secondary N) is 2. The van der Waals surface area contributed by atoms with Gasteiger partial charge in [0.2, 0.25) is 5.91 Å². The van der Waals surface area contributed by atoms with Crippen LogP contribution in [0.15, 0.2) is 55.1 Å². The predicted molar refractivity (Wildman–Crippen MR) is 142 cm³/mol. The van der Waals surface area contributed by atoms with Gasteiger partial charge in [-0.1, -0.05) is 0 Å². The number of pyridine rings is 3. The Morgan fingerprint density at radius 3 is 2.76 bits per heavy atom. The molecule has 2 aliphatic rings. The zero-order valence-electron chi connectivity index (χ0n) is 20.8. The number of anilines is 3. The quantitative estimate of drug-likeness (QED) is 0.417. The summed E-state index contributed by atoms with van der Waals surface area (Å²) in [6.07, 6.45) is 9.83. The molecule has 0 bridgehead atoms. The van der Waals surface area contributed by atoms with E-state index in [1.807, 2.05) is 43.7 Å². The fraction of sp³-hybridized carbons (Fsp3) is 0.370. The predicted octanol–water partition coefficient (Wildman–Crippen LogP) is 3.29. The molecule has 2 N–H and O–H groups in total. The van der Waals surface area contributed by atoms with Crippen LogP contribution in [0, 0.1) is 5.92 Å². The van der Waals surface area contributed by atoms with Crippen LogP contribution in [0.1, 0.15) is 19.3 Å². The first kappa shape index (κ1) is 23.4. The number of aryl methyl sites for hydroxylation is 1. The lowest BCUT2D eigenvalue weighted by molar-refractivity contribution is -0.126. The van der Waals surface area contributed by atoms with Crippen molar-refractivity contribution in [3.8, 4) is 11.3 Å². The van der Waals surface area contributed by atoms with Crippen molar-refractivity contribution in [2.75, 3.05) is 36.5 Å². The first-order valence-electron chi connectivity index (χ1n) is 12.7. The number of hydrogen-bond acceptors (Lipinski definition) is 8. The topological polar surface area (TPSA) is 110 Å². The SMILES string of the molecule is Cn1ccc(Nc2cc(-c3cc4cnccc4c(N4CCC(C(=O)NC5CCOC5)CC4)n3)ccn2)n1. The highest BCUT2D eigenvalue weighted by atomic mass is 16.5. The Hall–Kier alpha value is -4.05. The maximum absolute atomic E-state index is 12.8. The third-order valence-corrected chi connectivity index (χ3v) is 7.08. The number of carbonyl (C=O) groups excluding carboxylic acids is 1. The zero-order chi connectivity index (χ0) is 25.2. The van der Waals surface area contributed by atoms with E-state index in [2.05, 4.69) is 36.7 Å². The molecule has 1 unspecified atom stereocenters. The number of aromatic nitrogens is 5. The summed E-state index contributed by atoms with van der Waals surface area (Å²) in [5, 5.41) is 12.9. The third kappa shape index (κ3) is 5.10. The zero-order valence-corrected chi connectivity index (χ0v) is 20.8. The van der Waals surface area contributed by atoms with Gasteiger partial charge >= 0.3 is 0 Å². The van der Waals surface area contributed by atoms with E-state index < -0.39 is 0 Å². The van der Waals surface area contributed by atoms with Crippen molar-refractivity contribution in [3.63, 3.8) is 0 Å². The van der Waals surface area contributed by atoms with Gasteiger partial charge in [0.25, 0.3) is 0 Å². The summed E-state index contributed by atoms with van der Waals surface area (Å²) in [6, 6.07) is 10.1. The Morgan fingerprint density at radius 2 is 1.97 bits per heavy atom. The van der Waals surface area contributed by atoms with Crippen molar-refractivity contribution < 1.29 is 9.53 Å². The van der Waals surface area contributed by atoms with E-state index in [4.69, 9.17) is 9.72 Å². The molecule has 2 aliphatic heterocycles. The molecule has 10 nitrogen and oxygen atoms in total. The van der Waals surface area contributed by atoms with Crippen LogP contribution in [0.3, 0.4) is 0 Å². The Balaban J connectivity index is 1.24. The molecule has 190 valence electrons. The average molecular weight is 499 g/mol. The Kier molecular flexibility index (Phi) is 6.40. The highest BCUT2D eigenvalue weighted by Gasteiger charge is 2.29. The molecule has 4 aromatic rings. The number of amides is 1. The molecular weight excluding hydrogens is 468 g/mol. The number of nitrogens with zero attached hydrogens (tertiary/aromatic N) is 6. The van der Waals surface area contributed by atoms with Gasteiger partial charge in [0.1, 0.15) is 11.6 Å². The number of fused-ring (bicyclic) bond motifs is 1. The summed E-state index contributed by atoms with van der Waals surface area (Å²) in [4.78, 5) is 29.0. The van der Waals surface area contributed by atoms with Crippen LogP contribution in [-0.4, -0.2) is 63.0 Å². The van der Waals surface area contributed by atoms with Crippen molar-refractivity contribution in [2.45, 2.75) is 25.3 Å². The highest BCUT2D eigenvalue weighted by molar-refractivity contribution is 5.94. The second-order valence-corrected chi connectivity index (χ2v) is 9.69. The van der Waals surface area contributed by atoms with Gasteiger partial charge in [0, 0.05) is 79.9 Å². The van der Waals surface area contributed by atoms with Gasteiger partial charge in [0.05, 0.1) is 18.3 Å². The summed E-state index contributed by atoms with van der Waals surface area (Å²) >= 11 is 0. The van der Waals surface area contributed by atoms with Crippen LogP contribution >= 0.6 is 0 Å². The van der Waals surface area contributed by atoms with Crippen LogP contribution in [0.2, 0.25) is 0 Å². The van der Waals surface area contributed by atoms with Crippen LogP contribution in [0.5, 0.6) is 0 Å². The monoisotopic (exact) mass is 498 g/mol. The van der Waals surface area contributed by atoms with Gasteiger partial charge in [-0.2, -0.15) is 5.10 Å². The first-order valence-corrected chi connectivity index (χ1v) is 12.7. The molecule has 0 radical (unpaired) electrons. The second-order valence-electron chi connectivity index (χ2n) is 9.69. The van der Waals surface area contributed by atoms with Gasteiger partial charge < -0.3 is 20.3 Å². The van der Waals surface area contributed by atoms with Crippen LogP contribution < -0.4 is 15.5 Å². The minimum Gasteiger partial charge on any atom is -0.379 e. The molecule has 37 heavy (non-hydrogen) atoms. The van der Waals surface area contributed by atoms with Crippen LogP contribution in [0.4, 0.5) is 17.5 Å². The number of carbonyl (C=O) groups is 1. The van der Waals surface area contributed by atoms with E-state index in [1.54, 1.807) is 17.1 Å². The molecule has 10 heteroatoms. The van der Waals surface area contributed by atoms with E-state index in [-0.39, 0.29) is 17.9 Å². The van der Waals surface area contributed by atoms with Crippen molar-refractivity contribution in [1.29, 1.82) is 0 Å². The molecule has 0 aliphatic carbocycles. The Bertz CT molecular complexity index is 1410. The summed E-state index contributed by atoms with van der Waals surface area (Å²) in [5.74, 6) is 2.53. The summed E-state index contributed by atoms with van der Waals surface area (Å²) in [5.41, 5.74) is 1.80. The molecule has 0 spiro atoms. The van der Waals surface area contributed by atoms with E-state index in [0.717, 1.165) is 72.6 Å². The average Bonchev–Trinajstić information content (AvgIpc) is 3.59. The maximum atomic E-state index is 12.8. The van der Waals surface area contributed by atoms with E-state index in [1.165, 1.54) is 0 Å². The van der Waals surface area contributed by atoms with Gasteiger partial charge in [-0.25, -0.2) is 9.97 Å². The number of rotatable bonds is 6. The van der Waals surface area contributed by atoms with Gasteiger partial charge in [-0.15, -0.1) is 0 Å². The van der Waals surface area contributed by atoms with Crippen molar-refractivity contribution in [2.24, 2.45) is 13.0 Å². The van der Waals surface area contributed by atoms with Crippen LogP contribution in [0.25, 0.3) is 22.0 Å². The van der Waals surface area contributed by atoms with E-state index in [9.17, 15) is 4.79 Å². The molecule has 6 heterocycles. The van der Waals surface area contributed by atoms with E-state index >= 15 is 0 Å². The summed E-state index contributed by atoms with van der Waals surface area (Å²) < 4.78 is 7.14. The highest BCUT2D eigenvalue weighted by Crippen LogP contribution is 2.32. The second kappa shape index (κ2) is 10.1. The van der Waals surface area contributed by atoms with Crippen molar-refractivity contribution >= 4 is 34.1 Å². The summed E-state index contributed by atoms with van der Waals surface area (Å²) in [7, 11) is 1.88. The lowest BCUT2D eigenvalue weighted by atomic mass is 9.95. The molecule has 2 fully saturated rings. The molecule has 2 saturated heterocycles. The first-order chi connectivity index (χ1) is 18.1. The largest absolute Gasteiger partial charge is 0.379 e. The standard InChI is InChI=1S/C27H30N8O2/c1-34-10-6-24(33-34)32-25-15-19(2-9-29-25)23-14-20-16-28-8-3-22(20)26(31-23)35-11-4-18(5-12-35)27(36)30-21-7-13-37-17-21/h2-3,6,8-10,14-16,18,21H,4-5,7,11-13,17H2,1H3,(H,30,36)(H,29,32,33). The fourth-order valence-corrected chi connectivity index (χ4v) is 5.06. The molecule has 4 aromatic heterocycles. The Morgan fingerprint density at radius 1 is 1.08 bits per heavy atom. The molecule has 0 saturated carbocycles. The van der Waals surface area contributed by atoms with Gasteiger partial charge in [-0.3, -0.25) is 14.5 Å². The lowest BCUT2D eigenvalue weighted by Gasteiger charge is -2.33. The van der Waals surface area contributed by atoms with Crippen molar-refractivity contribution in [3.05, 3.63) is 55.1 Å². The normalized spacial score (nSPS) is 18.3.